The van der Waals surface area contributed by atoms with Crippen LogP contribution < -0.4 is 10.5 Å². The van der Waals surface area contributed by atoms with E-state index in [1.165, 1.54) is 23.1 Å². The molecular weight excluding hydrogens is 349 g/mol. The van der Waals surface area contributed by atoms with Crippen LogP contribution in [-0.2, 0) is 11.3 Å². The molecule has 2 N–H and O–H groups in total. The Hall–Kier alpha value is -2.12. The second-order valence-corrected chi connectivity index (χ2v) is 7.53. The van der Waals surface area contributed by atoms with Gasteiger partial charge < -0.3 is 20.1 Å². The summed E-state index contributed by atoms with van der Waals surface area (Å²) in [6, 6.07) is 4.33. The molecule has 0 fully saturated rings. The van der Waals surface area contributed by atoms with E-state index in [1.807, 2.05) is 13.8 Å². The smallest absolute Gasteiger partial charge is 0.422 e. The van der Waals surface area contributed by atoms with Crippen molar-refractivity contribution in [1.82, 2.24) is 4.90 Å². The van der Waals surface area contributed by atoms with Gasteiger partial charge in [0.05, 0.1) is 6.54 Å². The maximum atomic E-state index is 12.5. The summed E-state index contributed by atoms with van der Waals surface area (Å²) in [5.41, 5.74) is 5.83. The predicted molar refractivity (Wildman–Crippen MR) is 93.9 cm³/mol. The molecule has 0 aliphatic rings. The number of nitrogen functional groups attached to an aromatic ring is 1. The summed E-state index contributed by atoms with van der Waals surface area (Å²) < 4.78 is 47.7. The number of benzene rings is 1. The molecule has 0 heterocycles. The number of hydrogen-bond donors (Lipinski definition) is 1. The Morgan fingerprint density at radius 2 is 1.85 bits per heavy atom. The van der Waals surface area contributed by atoms with Gasteiger partial charge in [-0.05, 0) is 44.9 Å². The molecular formula is C18H27F3N2O3. The van der Waals surface area contributed by atoms with E-state index in [1.54, 1.807) is 20.8 Å². The summed E-state index contributed by atoms with van der Waals surface area (Å²) >= 11 is 0. The number of alkyl halides is 3. The number of rotatable bonds is 6. The van der Waals surface area contributed by atoms with Crippen molar-refractivity contribution >= 4 is 11.8 Å². The highest BCUT2D eigenvalue weighted by molar-refractivity contribution is 5.68. The summed E-state index contributed by atoms with van der Waals surface area (Å²) in [7, 11) is 0. The van der Waals surface area contributed by atoms with Crippen molar-refractivity contribution in [3.8, 4) is 5.75 Å². The maximum absolute atomic E-state index is 12.5. The van der Waals surface area contributed by atoms with Crippen LogP contribution in [0.15, 0.2) is 18.2 Å². The molecule has 0 spiro atoms. The van der Waals surface area contributed by atoms with E-state index in [9.17, 15) is 18.0 Å². The molecule has 26 heavy (non-hydrogen) atoms. The van der Waals surface area contributed by atoms with Crippen molar-refractivity contribution in [2.75, 3.05) is 18.9 Å². The Morgan fingerprint density at radius 1 is 1.23 bits per heavy atom. The van der Waals surface area contributed by atoms with Gasteiger partial charge in [0.25, 0.3) is 0 Å². The number of ether oxygens (including phenoxy) is 2. The topological polar surface area (TPSA) is 64.8 Å². The van der Waals surface area contributed by atoms with Gasteiger partial charge in [-0.1, -0.05) is 13.8 Å². The molecule has 0 unspecified atom stereocenters. The quantitative estimate of drug-likeness (QED) is 0.737. The van der Waals surface area contributed by atoms with Crippen molar-refractivity contribution in [2.45, 2.75) is 52.9 Å². The lowest BCUT2D eigenvalue weighted by molar-refractivity contribution is -0.153. The summed E-state index contributed by atoms with van der Waals surface area (Å²) in [5, 5.41) is 0. The van der Waals surface area contributed by atoms with Gasteiger partial charge in [0.2, 0.25) is 0 Å². The monoisotopic (exact) mass is 376 g/mol. The van der Waals surface area contributed by atoms with Crippen molar-refractivity contribution in [3.63, 3.8) is 0 Å². The first kappa shape index (κ1) is 21.9. The predicted octanol–water partition coefficient (Wildman–Crippen LogP) is 4.60. The molecule has 5 nitrogen and oxygen atoms in total. The number of anilines is 1. The molecule has 148 valence electrons. The second kappa shape index (κ2) is 8.51. The third-order valence-corrected chi connectivity index (χ3v) is 3.07. The second-order valence-electron chi connectivity index (χ2n) is 7.53. The molecule has 0 aliphatic carbocycles. The fraction of sp³-hybridized carbons (Fsp3) is 0.611. The van der Waals surface area contributed by atoms with Gasteiger partial charge >= 0.3 is 12.3 Å². The third-order valence-electron chi connectivity index (χ3n) is 3.07. The van der Waals surface area contributed by atoms with Crippen LogP contribution in [0.3, 0.4) is 0 Å². The van der Waals surface area contributed by atoms with Crippen molar-refractivity contribution < 1.29 is 27.4 Å². The number of amides is 1. The van der Waals surface area contributed by atoms with E-state index in [0.29, 0.717) is 17.8 Å². The Morgan fingerprint density at radius 3 is 2.35 bits per heavy atom. The lowest BCUT2D eigenvalue weighted by Crippen LogP contribution is -2.38. The number of halogens is 3. The van der Waals surface area contributed by atoms with Crippen LogP contribution in [0.4, 0.5) is 23.7 Å². The average Bonchev–Trinajstić information content (AvgIpc) is 2.42. The normalized spacial score (nSPS) is 12.2. The van der Waals surface area contributed by atoms with Crippen LogP contribution in [0.2, 0.25) is 0 Å². The van der Waals surface area contributed by atoms with Crippen molar-refractivity contribution in [1.29, 1.82) is 0 Å². The SMILES string of the molecule is CC(C)CN(Cc1cc(N)ccc1OCC(F)(F)F)C(=O)OC(C)(C)C. The van der Waals surface area contributed by atoms with Crippen LogP contribution >= 0.6 is 0 Å². The van der Waals surface area contributed by atoms with E-state index >= 15 is 0 Å². The van der Waals surface area contributed by atoms with Crippen LogP contribution in [-0.4, -0.2) is 35.9 Å². The minimum atomic E-state index is -4.46. The molecule has 0 atom stereocenters. The first-order chi connectivity index (χ1) is 11.8. The fourth-order valence-electron chi connectivity index (χ4n) is 2.20. The van der Waals surface area contributed by atoms with E-state index in [4.69, 9.17) is 15.2 Å². The van der Waals surface area contributed by atoms with Crippen LogP contribution in [0.5, 0.6) is 5.75 Å². The largest absolute Gasteiger partial charge is 0.484 e. The Bertz CT molecular complexity index is 611. The molecule has 0 aliphatic heterocycles. The van der Waals surface area contributed by atoms with Gasteiger partial charge in [-0.2, -0.15) is 13.2 Å². The van der Waals surface area contributed by atoms with E-state index in [0.717, 1.165) is 0 Å². The Balaban J connectivity index is 3.05. The third kappa shape index (κ3) is 8.31. The number of nitrogens with two attached hydrogens (primary N) is 1. The number of nitrogens with zero attached hydrogens (tertiary/aromatic N) is 1. The van der Waals surface area contributed by atoms with E-state index in [-0.39, 0.29) is 18.2 Å². The maximum Gasteiger partial charge on any atom is 0.422 e. The summed E-state index contributed by atoms with van der Waals surface area (Å²) in [6.45, 7) is 8.09. The highest BCUT2D eigenvalue weighted by atomic mass is 19.4. The molecule has 8 heteroatoms. The van der Waals surface area contributed by atoms with Gasteiger partial charge in [0.15, 0.2) is 6.61 Å². The van der Waals surface area contributed by atoms with Crippen LogP contribution in [0, 0.1) is 5.92 Å². The zero-order valence-corrected chi connectivity index (χ0v) is 15.8. The van der Waals surface area contributed by atoms with Crippen LogP contribution in [0.25, 0.3) is 0 Å². The van der Waals surface area contributed by atoms with Gasteiger partial charge in [-0.3, -0.25) is 0 Å². The van der Waals surface area contributed by atoms with Crippen molar-refractivity contribution in [3.05, 3.63) is 23.8 Å². The zero-order valence-electron chi connectivity index (χ0n) is 15.8. The molecule has 1 amide bonds. The highest BCUT2D eigenvalue weighted by Gasteiger charge is 2.29. The van der Waals surface area contributed by atoms with E-state index < -0.39 is 24.5 Å². The van der Waals surface area contributed by atoms with Gasteiger partial charge in [-0.25, -0.2) is 4.79 Å². The Labute approximate surface area is 152 Å². The molecule has 1 aromatic rings. The molecule has 0 radical (unpaired) electrons. The van der Waals surface area contributed by atoms with Crippen molar-refractivity contribution in [2.24, 2.45) is 5.92 Å². The number of carbonyl (C=O) groups is 1. The first-order valence-electron chi connectivity index (χ1n) is 8.32. The number of carbonyl (C=O) groups excluding carboxylic acids is 1. The molecule has 1 rings (SSSR count). The summed E-state index contributed by atoms with van der Waals surface area (Å²) in [6.07, 6.45) is -5.00. The van der Waals surface area contributed by atoms with Crippen LogP contribution in [0.1, 0.15) is 40.2 Å². The lowest BCUT2D eigenvalue weighted by Gasteiger charge is -2.29. The van der Waals surface area contributed by atoms with Gasteiger partial charge in [0.1, 0.15) is 11.4 Å². The number of hydrogen-bond acceptors (Lipinski definition) is 4. The summed E-state index contributed by atoms with van der Waals surface area (Å²) in [4.78, 5) is 13.9. The van der Waals surface area contributed by atoms with E-state index in [2.05, 4.69) is 0 Å². The molecule has 0 saturated heterocycles. The first-order valence-corrected chi connectivity index (χ1v) is 8.32. The molecule has 0 bridgehead atoms. The molecule has 0 aromatic heterocycles. The zero-order chi connectivity index (χ0) is 20.1. The average molecular weight is 376 g/mol. The minimum absolute atomic E-state index is 0.0331. The van der Waals surface area contributed by atoms with Gasteiger partial charge in [0, 0.05) is 17.8 Å². The minimum Gasteiger partial charge on any atom is -0.484 e. The Kier molecular flexibility index (Phi) is 7.17. The standard InChI is InChI=1S/C18H27F3N2O3/c1-12(2)9-23(16(24)26-17(3,4)5)10-13-8-14(22)6-7-15(13)25-11-18(19,20)21/h6-8,12H,9-11,22H2,1-5H3. The fourth-order valence-corrected chi connectivity index (χ4v) is 2.20. The van der Waals surface area contributed by atoms with Gasteiger partial charge in [-0.15, -0.1) is 0 Å². The highest BCUT2D eigenvalue weighted by Crippen LogP contribution is 2.26. The molecule has 1 aromatic carbocycles. The summed E-state index contributed by atoms with van der Waals surface area (Å²) in [5.74, 6) is 0.178. The molecule has 0 saturated carbocycles. The lowest BCUT2D eigenvalue weighted by atomic mass is 10.1.